The zero-order valence-electron chi connectivity index (χ0n) is 25.9. The zero-order chi connectivity index (χ0) is 29.9. The van der Waals surface area contributed by atoms with Crippen molar-refractivity contribution in [2.45, 2.75) is 66.1 Å². The molecule has 0 saturated carbocycles. The molecule has 1 aromatic rings. The van der Waals surface area contributed by atoms with E-state index in [4.69, 9.17) is 9.73 Å². The molecule has 2 rings (SSSR count). The molecule has 0 amide bonds. The van der Waals surface area contributed by atoms with Crippen molar-refractivity contribution in [3.8, 4) is 0 Å². The van der Waals surface area contributed by atoms with Crippen molar-refractivity contribution in [2.24, 2.45) is 10.9 Å². The Bertz CT molecular complexity index is 1110. The number of aliphatic hydroxyl groups is 1. The van der Waals surface area contributed by atoms with Crippen molar-refractivity contribution in [3.63, 3.8) is 0 Å². The summed E-state index contributed by atoms with van der Waals surface area (Å²) in [5.41, 5.74) is 3.57. The fourth-order valence-corrected chi connectivity index (χ4v) is 4.35. The van der Waals surface area contributed by atoms with Crippen LogP contribution in [0, 0.1) is 5.92 Å². The number of hydrogen-bond donors (Lipinski definition) is 3. The van der Waals surface area contributed by atoms with Crippen molar-refractivity contribution < 1.29 is 9.84 Å². The minimum atomic E-state index is -0.348. The lowest BCUT2D eigenvalue weighted by atomic mass is 9.97. The van der Waals surface area contributed by atoms with Crippen LogP contribution >= 0.6 is 0 Å². The van der Waals surface area contributed by atoms with E-state index in [1.165, 1.54) is 0 Å². The standard InChI is InChI=1S/C35H52N4O2/c1-7-14-33(38-25-30(5)22-34(15-8-2)41-35(6)19-11-10-12-20-35)26-36-28-39(9-3)21-18-29(4)24-37-32-17-13-16-31(23-32)27-40/h8,10-17,19,22-23,26,29,37-38,40H,5,7,9,18,20-21,24-25,27-28H2,1-4,6H3/b15-8-,33-14+,34-22+,36-26-. The molecule has 3 N–H and O–H groups in total. The topological polar surface area (TPSA) is 69.1 Å². The molecule has 1 aromatic carbocycles. The quantitative estimate of drug-likeness (QED) is 0.0952. The molecule has 0 radical (unpaired) electrons. The summed E-state index contributed by atoms with van der Waals surface area (Å²) in [7, 11) is 0. The Morgan fingerprint density at radius 3 is 2.80 bits per heavy atom. The summed E-state index contributed by atoms with van der Waals surface area (Å²) in [6.45, 7) is 19.1. The molecule has 0 spiro atoms. The molecule has 2 atom stereocenters. The smallest absolute Gasteiger partial charge is 0.128 e. The largest absolute Gasteiger partial charge is 0.483 e. The molecule has 2 unspecified atom stereocenters. The lowest BCUT2D eigenvalue weighted by Gasteiger charge is -2.28. The number of aliphatic imine (C=N–C) groups is 1. The van der Waals surface area contributed by atoms with Crippen molar-refractivity contribution in [3.05, 3.63) is 102 Å². The Morgan fingerprint density at radius 2 is 2.12 bits per heavy atom. The number of hydrogen-bond acceptors (Lipinski definition) is 6. The fraction of sp³-hybridized carbons (Fsp3) is 0.457. The molecular formula is C35H52N4O2. The number of nitrogens with zero attached hydrogens (tertiary/aromatic N) is 2. The Hall–Kier alpha value is -3.35. The molecule has 1 aliphatic rings. The summed E-state index contributed by atoms with van der Waals surface area (Å²) >= 11 is 0. The summed E-state index contributed by atoms with van der Waals surface area (Å²) in [6, 6.07) is 7.95. The SMILES string of the molecule is C=C(/C=C(\C=C/C)OC1(C)C=CC=CC1)CNC(/C=N\CN(CC)CCC(C)CNc1cccc(CO)c1)=C/CC. The van der Waals surface area contributed by atoms with Crippen LogP contribution in [0.4, 0.5) is 5.69 Å². The van der Waals surface area contributed by atoms with Gasteiger partial charge in [-0.1, -0.05) is 69.9 Å². The molecule has 0 heterocycles. The average molecular weight is 561 g/mol. The van der Waals surface area contributed by atoms with Gasteiger partial charge in [0.05, 0.1) is 13.3 Å². The number of nitrogens with one attached hydrogen (secondary N) is 2. The van der Waals surface area contributed by atoms with Gasteiger partial charge < -0.3 is 20.5 Å². The van der Waals surface area contributed by atoms with Gasteiger partial charge in [0.2, 0.25) is 0 Å². The first-order chi connectivity index (χ1) is 19.8. The van der Waals surface area contributed by atoms with E-state index in [-0.39, 0.29) is 12.2 Å². The molecule has 6 heteroatoms. The van der Waals surface area contributed by atoms with Crippen molar-refractivity contribution in [1.29, 1.82) is 0 Å². The maximum atomic E-state index is 9.34. The maximum Gasteiger partial charge on any atom is 0.128 e. The Kier molecular flexibility index (Phi) is 15.6. The molecule has 1 aliphatic carbocycles. The van der Waals surface area contributed by atoms with Crippen LogP contribution < -0.4 is 10.6 Å². The third-order valence-electron chi connectivity index (χ3n) is 6.85. The van der Waals surface area contributed by atoms with E-state index in [9.17, 15) is 5.11 Å². The third kappa shape index (κ3) is 13.7. The minimum absolute atomic E-state index is 0.0652. The fourth-order valence-electron chi connectivity index (χ4n) is 4.35. The van der Waals surface area contributed by atoms with Gasteiger partial charge in [0.15, 0.2) is 0 Å². The van der Waals surface area contributed by atoms with E-state index < -0.39 is 0 Å². The first-order valence-electron chi connectivity index (χ1n) is 15.0. The second-order valence-corrected chi connectivity index (χ2v) is 10.8. The monoisotopic (exact) mass is 560 g/mol. The van der Waals surface area contributed by atoms with Crippen LogP contribution in [0.15, 0.2) is 101 Å². The van der Waals surface area contributed by atoms with E-state index in [1.54, 1.807) is 0 Å². The van der Waals surface area contributed by atoms with Crippen LogP contribution in [0.1, 0.15) is 59.4 Å². The summed E-state index contributed by atoms with van der Waals surface area (Å²) in [5.74, 6) is 1.32. The molecule has 0 fully saturated rings. The number of rotatable bonds is 19. The lowest BCUT2D eigenvalue weighted by Crippen LogP contribution is -2.27. The number of benzene rings is 1. The molecule has 0 aromatic heterocycles. The first-order valence-corrected chi connectivity index (χ1v) is 15.0. The van der Waals surface area contributed by atoms with Gasteiger partial charge in [-0.2, -0.15) is 0 Å². The third-order valence-corrected chi connectivity index (χ3v) is 6.85. The van der Waals surface area contributed by atoms with Gasteiger partial charge in [-0.25, -0.2) is 0 Å². The van der Waals surface area contributed by atoms with Gasteiger partial charge in [-0.15, -0.1) is 0 Å². The lowest BCUT2D eigenvalue weighted by molar-refractivity contribution is 0.0709. The predicted octanol–water partition coefficient (Wildman–Crippen LogP) is 7.16. The summed E-state index contributed by atoms with van der Waals surface area (Å²) in [5, 5.41) is 16.3. The summed E-state index contributed by atoms with van der Waals surface area (Å²) in [6.07, 6.45) is 21.2. The highest BCUT2D eigenvalue weighted by Gasteiger charge is 2.23. The van der Waals surface area contributed by atoms with E-state index in [1.807, 2.05) is 61.7 Å². The number of aliphatic hydroxyl groups excluding tert-OH is 1. The number of anilines is 1. The Labute approximate surface area is 249 Å². The Morgan fingerprint density at radius 1 is 1.29 bits per heavy atom. The van der Waals surface area contributed by atoms with Gasteiger partial charge in [0, 0.05) is 43.7 Å². The van der Waals surface area contributed by atoms with E-state index in [0.717, 1.165) is 67.2 Å². The van der Waals surface area contributed by atoms with Gasteiger partial charge in [0.25, 0.3) is 0 Å². The normalized spacial score (nSPS) is 18.4. The minimum Gasteiger partial charge on any atom is -0.483 e. The molecule has 224 valence electrons. The molecule has 0 bridgehead atoms. The highest BCUT2D eigenvalue weighted by Crippen LogP contribution is 2.25. The van der Waals surface area contributed by atoms with Crippen LogP contribution in [0.25, 0.3) is 0 Å². The molecular weight excluding hydrogens is 508 g/mol. The zero-order valence-corrected chi connectivity index (χ0v) is 25.9. The highest BCUT2D eigenvalue weighted by molar-refractivity contribution is 5.77. The van der Waals surface area contributed by atoms with Crippen LogP contribution in [0.2, 0.25) is 0 Å². The Balaban J connectivity index is 1.82. The van der Waals surface area contributed by atoms with Crippen LogP contribution in [-0.4, -0.2) is 54.7 Å². The molecule has 6 nitrogen and oxygen atoms in total. The van der Waals surface area contributed by atoms with E-state index in [0.29, 0.717) is 19.1 Å². The first kappa shape index (κ1) is 33.9. The van der Waals surface area contributed by atoms with Crippen LogP contribution in [0.5, 0.6) is 0 Å². The summed E-state index contributed by atoms with van der Waals surface area (Å²) in [4.78, 5) is 7.10. The van der Waals surface area contributed by atoms with Gasteiger partial charge >= 0.3 is 0 Å². The van der Waals surface area contributed by atoms with Crippen molar-refractivity contribution in [1.82, 2.24) is 10.2 Å². The molecule has 0 saturated heterocycles. The predicted molar refractivity (Wildman–Crippen MR) is 176 cm³/mol. The van der Waals surface area contributed by atoms with Crippen LogP contribution in [0.3, 0.4) is 0 Å². The van der Waals surface area contributed by atoms with Gasteiger partial charge in [-0.3, -0.25) is 9.89 Å². The number of allylic oxidation sites excluding steroid dienone is 6. The van der Waals surface area contributed by atoms with Crippen molar-refractivity contribution in [2.75, 3.05) is 38.2 Å². The van der Waals surface area contributed by atoms with E-state index in [2.05, 4.69) is 74.1 Å². The van der Waals surface area contributed by atoms with Crippen molar-refractivity contribution >= 4 is 11.9 Å². The van der Waals surface area contributed by atoms with Gasteiger partial charge in [-0.05, 0) is 80.6 Å². The number of ether oxygens (including phenoxy) is 1. The van der Waals surface area contributed by atoms with Gasteiger partial charge in [0.1, 0.15) is 11.4 Å². The van der Waals surface area contributed by atoms with Crippen LogP contribution in [-0.2, 0) is 11.3 Å². The second-order valence-electron chi connectivity index (χ2n) is 10.8. The van der Waals surface area contributed by atoms with E-state index >= 15 is 0 Å². The molecule has 0 aliphatic heterocycles. The maximum absolute atomic E-state index is 9.34. The average Bonchev–Trinajstić information content (AvgIpc) is 2.96. The second kappa shape index (κ2) is 18.9. The summed E-state index contributed by atoms with van der Waals surface area (Å²) < 4.78 is 6.32. The molecule has 41 heavy (non-hydrogen) atoms. The highest BCUT2D eigenvalue weighted by atomic mass is 16.5.